The van der Waals surface area contributed by atoms with E-state index in [4.69, 9.17) is 11.6 Å². The second-order valence-corrected chi connectivity index (χ2v) is 10.7. The van der Waals surface area contributed by atoms with E-state index in [1.807, 2.05) is 17.7 Å². The molecular formula is C29H27ClF2N8O2. The molecule has 0 saturated carbocycles. The zero-order valence-corrected chi connectivity index (χ0v) is 23.6. The van der Waals surface area contributed by atoms with E-state index < -0.39 is 18.5 Å². The van der Waals surface area contributed by atoms with Crippen LogP contribution in [0.15, 0.2) is 60.0 Å². The summed E-state index contributed by atoms with van der Waals surface area (Å²) in [5, 5.41) is 12.3. The van der Waals surface area contributed by atoms with Crippen molar-refractivity contribution in [1.82, 2.24) is 34.1 Å². The van der Waals surface area contributed by atoms with Crippen LogP contribution < -0.4 is 10.9 Å². The number of rotatable bonds is 4. The van der Waals surface area contributed by atoms with Crippen LogP contribution in [-0.4, -0.2) is 40.0 Å². The number of fused-ring (bicyclic) bond motifs is 5. The highest BCUT2D eigenvalue weighted by atomic mass is 35.5. The lowest BCUT2D eigenvalue weighted by atomic mass is 9.97. The number of carbonyl (C=O) groups excluding carboxylic acids is 1. The number of anilines is 1. The first kappa shape index (κ1) is 27.7. The van der Waals surface area contributed by atoms with Gasteiger partial charge < -0.3 is 5.32 Å². The summed E-state index contributed by atoms with van der Waals surface area (Å²) in [4.78, 5) is 35.7. The van der Waals surface area contributed by atoms with Crippen LogP contribution in [0, 0.1) is 5.92 Å². The molecular weight excluding hydrogens is 566 g/mol. The van der Waals surface area contributed by atoms with Gasteiger partial charge in [-0.2, -0.15) is 19.0 Å². The Morgan fingerprint density at radius 2 is 1.93 bits per heavy atom. The van der Waals surface area contributed by atoms with E-state index in [2.05, 4.69) is 25.5 Å². The van der Waals surface area contributed by atoms with Crippen LogP contribution in [0.2, 0.25) is 5.02 Å². The largest absolute Gasteiger partial charge is 0.333 e. The van der Waals surface area contributed by atoms with E-state index in [9.17, 15) is 18.4 Å². The van der Waals surface area contributed by atoms with Crippen molar-refractivity contribution in [3.8, 4) is 22.5 Å². The molecule has 5 heterocycles. The van der Waals surface area contributed by atoms with Crippen LogP contribution in [0.3, 0.4) is 0 Å². The second-order valence-electron chi connectivity index (χ2n) is 10.3. The minimum Gasteiger partial charge on any atom is -0.323 e. The van der Waals surface area contributed by atoms with Gasteiger partial charge in [-0.1, -0.05) is 24.9 Å². The molecule has 2 atom stereocenters. The standard InChI is InChI=1S/C29H27ClF2N8O2/c1-3-39-26-18(13-35-39)9-19(30)11-20(26)21-12-25(41)38(15-34-21)24-6-4-5-16(2)28(42)37-23-14-36-40(29(31)32)27(23)17-7-8-33-22(24)10-17/h7-16,24,29H,3-6H2,1-2H3,(H,37,42)/t16-,24+/m1/s1. The highest BCUT2D eigenvalue weighted by Crippen LogP contribution is 2.35. The third-order valence-electron chi connectivity index (χ3n) is 7.64. The van der Waals surface area contributed by atoms with E-state index >= 15 is 0 Å². The monoisotopic (exact) mass is 592 g/mol. The van der Waals surface area contributed by atoms with Crippen LogP contribution >= 0.6 is 11.6 Å². The van der Waals surface area contributed by atoms with Crippen LogP contribution in [-0.2, 0) is 11.3 Å². The summed E-state index contributed by atoms with van der Waals surface area (Å²) in [5.41, 5.74) is 2.78. The Balaban J connectivity index is 1.47. The average Bonchev–Trinajstić information content (AvgIpc) is 3.58. The van der Waals surface area contributed by atoms with Gasteiger partial charge >= 0.3 is 6.55 Å². The van der Waals surface area contributed by atoms with E-state index in [-0.39, 0.29) is 22.8 Å². The smallest absolute Gasteiger partial charge is 0.323 e. The molecule has 5 aromatic rings. The number of aryl methyl sites for hydroxylation is 1. The van der Waals surface area contributed by atoms with Crippen molar-refractivity contribution in [3.63, 3.8) is 0 Å². The number of carbonyl (C=O) groups is 1. The van der Waals surface area contributed by atoms with Crippen molar-refractivity contribution < 1.29 is 13.6 Å². The van der Waals surface area contributed by atoms with Gasteiger partial charge in [-0.05, 0) is 44.0 Å². The molecule has 13 heteroatoms. The number of nitrogens with zero attached hydrogens (tertiary/aromatic N) is 7. The van der Waals surface area contributed by atoms with Crippen molar-refractivity contribution in [2.45, 2.75) is 52.2 Å². The normalized spacial score (nSPS) is 17.5. The molecule has 10 nitrogen and oxygen atoms in total. The van der Waals surface area contributed by atoms with Gasteiger partial charge in [0.25, 0.3) is 5.56 Å². The molecule has 1 amide bonds. The molecule has 1 N–H and O–H groups in total. The Kier molecular flexibility index (Phi) is 7.31. The van der Waals surface area contributed by atoms with Crippen molar-refractivity contribution >= 4 is 34.1 Å². The molecule has 6 rings (SSSR count). The van der Waals surface area contributed by atoms with Gasteiger partial charge in [-0.25, -0.2) is 9.67 Å². The Hall–Kier alpha value is -4.45. The molecule has 216 valence electrons. The van der Waals surface area contributed by atoms with Crippen LogP contribution in [0.1, 0.15) is 51.4 Å². The fourth-order valence-electron chi connectivity index (χ4n) is 5.52. The number of alkyl halides is 2. The van der Waals surface area contributed by atoms with Crippen LogP contribution in [0.25, 0.3) is 33.4 Å². The number of benzene rings is 1. The van der Waals surface area contributed by atoms with Crippen molar-refractivity contribution in [1.29, 1.82) is 0 Å². The molecule has 0 aliphatic carbocycles. The number of hydrogen-bond donors (Lipinski definition) is 1. The lowest BCUT2D eigenvalue weighted by Gasteiger charge is -2.22. The topological polar surface area (TPSA) is 113 Å². The molecule has 2 bridgehead atoms. The number of halogens is 3. The fraction of sp³-hybridized carbons (Fsp3) is 0.310. The average molecular weight is 593 g/mol. The fourth-order valence-corrected chi connectivity index (χ4v) is 5.75. The number of pyridine rings is 1. The third-order valence-corrected chi connectivity index (χ3v) is 7.86. The quantitative estimate of drug-likeness (QED) is 0.277. The van der Waals surface area contributed by atoms with E-state index in [1.54, 1.807) is 31.3 Å². The summed E-state index contributed by atoms with van der Waals surface area (Å²) in [6.45, 7) is 1.45. The minimum atomic E-state index is -2.93. The Morgan fingerprint density at radius 3 is 2.69 bits per heavy atom. The molecule has 0 radical (unpaired) electrons. The summed E-state index contributed by atoms with van der Waals surface area (Å²) < 4.78 is 31.7. The summed E-state index contributed by atoms with van der Waals surface area (Å²) in [5.74, 6) is -0.691. The first-order chi connectivity index (χ1) is 20.2. The highest BCUT2D eigenvalue weighted by molar-refractivity contribution is 6.31. The molecule has 1 aliphatic rings. The maximum atomic E-state index is 13.9. The van der Waals surface area contributed by atoms with E-state index in [0.717, 1.165) is 10.9 Å². The third kappa shape index (κ3) is 4.95. The minimum absolute atomic E-state index is 0.0619. The molecule has 42 heavy (non-hydrogen) atoms. The van der Waals surface area contributed by atoms with Crippen molar-refractivity contribution in [2.75, 3.05) is 5.32 Å². The summed E-state index contributed by atoms with van der Waals surface area (Å²) in [7, 11) is 0. The first-order valence-electron chi connectivity index (χ1n) is 13.6. The van der Waals surface area contributed by atoms with Gasteiger partial charge in [0.05, 0.1) is 53.0 Å². The number of aromatic nitrogens is 7. The lowest BCUT2D eigenvalue weighted by molar-refractivity contribution is -0.119. The highest BCUT2D eigenvalue weighted by Gasteiger charge is 2.26. The molecule has 0 fully saturated rings. The van der Waals surface area contributed by atoms with Gasteiger partial charge in [-0.3, -0.25) is 23.8 Å². The van der Waals surface area contributed by atoms with E-state index in [0.29, 0.717) is 58.0 Å². The molecule has 4 aromatic heterocycles. The van der Waals surface area contributed by atoms with Gasteiger partial charge in [0.1, 0.15) is 0 Å². The Morgan fingerprint density at radius 1 is 1.10 bits per heavy atom. The number of amides is 1. The summed E-state index contributed by atoms with van der Waals surface area (Å²) >= 11 is 6.39. The van der Waals surface area contributed by atoms with Gasteiger partial charge in [0.15, 0.2) is 0 Å². The number of hydrogen-bond acceptors (Lipinski definition) is 6. The Labute approximate surface area is 244 Å². The van der Waals surface area contributed by atoms with Crippen molar-refractivity contribution in [2.24, 2.45) is 5.92 Å². The lowest BCUT2D eigenvalue weighted by Crippen LogP contribution is -2.27. The van der Waals surface area contributed by atoms with Gasteiger partial charge in [0, 0.05) is 46.3 Å². The van der Waals surface area contributed by atoms with Crippen LogP contribution in [0.4, 0.5) is 14.5 Å². The maximum Gasteiger partial charge on any atom is 0.333 e. The predicted molar refractivity (Wildman–Crippen MR) is 154 cm³/mol. The van der Waals surface area contributed by atoms with Crippen LogP contribution in [0.5, 0.6) is 0 Å². The molecule has 0 spiro atoms. The predicted octanol–water partition coefficient (Wildman–Crippen LogP) is 5.93. The molecule has 0 saturated heterocycles. The number of nitrogens with one attached hydrogen (secondary N) is 1. The Bertz CT molecular complexity index is 1860. The van der Waals surface area contributed by atoms with Crippen molar-refractivity contribution in [3.05, 3.63) is 76.3 Å². The molecule has 0 unspecified atom stereocenters. The second kappa shape index (κ2) is 11.1. The first-order valence-corrected chi connectivity index (χ1v) is 14.0. The maximum absolute atomic E-state index is 13.9. The zero-order valence-electron chi connectivity index (χ0n) is 22.8. The summed E-state index contributed by atoms with van der Waals surface area (Å²) in [6.07, 6.45) is 7.52. The van der Waals surface area contributed by atoms with Gasteiger partial charge in [0.2, 0.25) is 5.91 Å². The SMILES string of the molecule is CCn1ncc2cc(Cl)cc(-c3cc(=O)n([C@H]4CCC[C@@H](C)C(=O)Nc5cnn(C(F)F)c5-c5ccnc4c5)cn3)c21. The van der Waals surface area contributed by atoms with Gasteiger partial charge in [-0.15, -0.1) is 0 Å². The zero-order chi connectivity index (χ0) is 29.5. The molecule has 1 aliphatic heterocycles. The summed E-state index contributed by atoms with van der Waals surface area (Å²) in [6, 6.07) is 7.71. The van der Waals surface area contributed by atoms with E-state index in [1.165, 1.54) is 29.4 Å². The molecule has 1 aromatic carbocycles.